The Kier molecular flexibility index (Phi) is 4.98. The fraction of sp³-hybridized carbons (Fsp3) is 0.375. The van der Waals surface area contributed by atoms with Gasteiger partial charge >= 0.3 is 17.8 Å². The van der Waals surface area contributed by atoms with Gasteiger partial charge in [-0.2, -0.15) is 0 Å². The summed E-state index contributed by atoms with van der Waals surface area (Å²) in [7, 11) is 1.26. The van der Waals surface area contributed by atoms with Crippen molar-refractivity contribution in [3.05, 3.63) is 12.3 Å². The zero-order valence-electron chi connectivity index (χ0n) is 7.89. The highest BCUT2D eigenvalue weighted by atomic mass is 16.5. The van der Waals surface area contributed by atoms with Crippen LogP contribution in [0.25, 0.3) is 0 Å². The maximum Gasteiger partial charge on any atom is 0.397 e. The Bertz CT molecular complexity index is 271. The maximum atomic E-state index is 11.1. The molecule has 14 heavy (non-hydrogen) atoms. The fourth-order valence-corrected chi connectivity index (χ4v) is 0.580. The summed E-state index contributed by atoms with van der Waals surface area (Å²) in [6, 6.07) is 0. The Hall–Kier alpha value is -1.85. The van der Waals surface area contributed by atoms with Crippen LogP contribution in [-0.2, 0) is 19.1 Å². The van der Waals surface area contributed by atoms with E-state index in [0.717, 1.165) is 17.2 Å². The van der Waals surface area contributed by atoms with Crippen molar-refractivity contribution in [1.82, 2.24) is 4.90 Å². The van der Waals surface area contributed by atoms with Gasteiger partial charge < -0.3 is 14.7 Å². The number of carbonyl (C=O) groups excluding carboxylic acids is 2. The molecule has 0 saturated heterocycles. The van der Waals surface area contributed by atoms with Gasteiger partial charge in [0.15, 0.2) is 0 Å². The average molecular weight is 201 g/mol. The molecule has 78 valence electrons. The first kappa shape index (κ1) is 12.2. The molecule has 0 heterocycles. The van der Waals surface area contributed by atoms with Crippen molar-refractivity contribution in [2.45, 2.75) is 6.92 Å². The van der Waals surface area contributed by atoms with Crippen molar-refractivity contribution in [1.29, 1.82) is 0 Å². The number of likely N-dealkylation sites (N-methyl/N-ethyl adjacent to an activating group) is 1. The van der Waals surface area contributed by atoms with Crippen LogP contribution in [0.15, 0.2) is 12.3 Å². The molecule has 1 N–H and O–H groups in total. The number of hydrogen-bond acceptors (Lipinski definition) is 4. The van der Waals surface area contributed by atoms with E-state index in [1.165, 1.54) is 7.05 Å². The first-order valence-corrected chi connectivity index (χ1v) is 3.84. The van der Waals surface area contributed by atoms with Crippen molar-refractivity contribution in [2.24, 2.45) is 0 Å². The molecule has 0 rings (SSSR count). The van der Waals surface area contributed by atoms with Crippen LogP contribution < -0.4 is 0 Å². The number of aliphatic carboxylic acids is 1. The molecular formula is C8H11NO5. The first-order valence-electron chi connectivity index (χ1n) is 3.84. The van der Waals surface area contributed by atoms with Crippen molar-refractivity contribution < 1.29 is 24.2 Å². The Balaban J connectivity index is 4.25. The van der Waals surface area contributed by atoms with Crippen LogP contribution in [0, 0.1) is 0 Å². The highest BCUT2D eigenvalue weighted by Crippen LogP contribution is 1.90. The van der Waals surface area contributed by atoms with Gasteiger partial charge in [-0.15, -0.1) is 0 Å². The molecular weight excluding hydrogens is 190 g/mol. The average Bonchev–Trinajstić information content (AvgIpc) is 2.13. The standard InChI is InChI=1S/C8H11NO5/c1-3-14-8(13)7(12)9(2)5-4-6(10)11/h4-5H,3H2,1-2H3,(H,10,11)/b5-4-. The lowest BCUT2D eigenvalue weighted by molar-refractivity contribution is -0.157. The van der Waals surface area contributed by atoms with Gasteiger partial charge in [0, 0.05) is 19.3 Å². The number of carbonyl (C=O) groups is 3. The minimum Gasteiger partial charge on any atom is -0.478 e. The molecule has 6 nitrogen and oxygen atoms in total. The van der Waals surface area contributed by atoms with Crippen molar-refractivity contribution in [3.8, 4) is 0 Å². The number of hydrogen-bond donors (Lipinski definition) is 1. The molecule has 0 atom stereocenters. The predicted molar refractivity (Wildman–Crippen MR) is 46.2 cm³/mol. The van der Waals surface area contributed by atoms with E-state index in [4.69, 9.17) is 5.11 Å². The molecule has 1 amide bonds. The Morgan fingerprint density at radius 1 is 1.43 bits per heavy atom. The van der Waals surface area contributed by atoms with Crippen LogP contribution in [-0.4, -0.2) is 41.5 Å². The minimum absolute atomic E-state index is 0.0983. The van der Waals surface area contributed by atoms with Crippen LogP contribution in [0.1, 0.15) is 6.92 Å². The van der Waals surface area contributed by atoms with Crippen LogP contribution in [0.3, 0.4) is 0 Å². The summed E-state index contributed by atoms with van der Waals surface area (Å²) in [5.41, 5.74) is 0. The van der Waals surface area contributed by atoms with Gasteiger partial charge in [0.2, 0.25) is 0 Å². The molecule has 0 spiro atoms. The van der Waals surface area contributed by atoms with E-state index in [-0.39, 0.29) is 6.61 Å². The topological polar surface area (TPSA) is 83.9 Å². The molecule has 0 saturated carbocycles. The SMILES string of the molecule is CCOC(=O)C(=O)N(C)/C=C\C(=O)O. The van der Waals surface area contributed by atoms with E-state index in [2.05, 4.69) is 4.74 Å². The van der Waals surface area contributed by atoms with E-state index < -0.39 is 17.8 Å². The second-order valence-electron chi connectivity index (χ2n) is 2.29. The molecule has 0 aromatic carbocycles. The molecule has 0 aromatic heterocycles. The molecule has 0 aliphatic heterocycles. The van der Waals surface area contributed by atoms with E-state index in [9.17, 15) is 14.4 Å². The summed E-state index contributed by atoms with van der Waals surface area (Å²) in [4.78, 5) is 32.8. The van der Waals surface area contributed by atoms with E-state index in [1.807, 2.05) is 0 Å². The van der Waals surface area contributed by atoms with Crippen LogP contribution in [0.5, 0.6) is 0 Å². The van der Waals surface area contributed by atoms with Gasteiger partial charge in [-0.05, 0) is 6.92 Å². The quantitative estimate of drug-likeness (QED) is 0.382. The van der Waals surface area contributed by atoms with Gasteiger partial charge in [-0.1, -0.05) is 0 Å². The number of amides is 1. The number of carboxylic acids is 1. The third-order valence-electron chi connectivity index (χ3n) is 1.21. The lowest BCUT2D eigenvalue weighted by Gasteiger charge is -2.09. The normalized spacial score (nSPS) is 9.86. The highest BCUT2D eigenvalue weighted by molar-refractivity contribution is 6.32. The molecule has 0 fully saturated rings. The molecule has 0 unspecified atom stereocenters. The number of carboxylic acid groups (broad SMARTS) is 1. The van der Waals surface area contributed by atoms with Gasteiger partial charge in [-0.3, -0.25) is 4.79 Å². The molecule has 0 aromatic rings. The zero-order valence-corrected chi connectivity index (χ0v) is 7.89. The van der Waals surface area contributed by atoms with Crippen molar-refractivity contribution in [2.75, 3.05) is 13.7 Å². The lowest BCUT2D eigenvalue weighted by atomic mass is 10.5. The third kappa shape index (κ3) is 4.24. The maximum absolute atomic E-state index is 11.1. The van der Waals surface area contributed by atoms with Crippen LogP contribution in [0.2, 0.25) is 0 Å². The van der Waals surface area contributed by atoms with E-state index in [0.29, 0.717) is 0 Å². The fourth-order valence-electron chi connectivity index (χ4n) is 0.580. The summed E-state index contributed by atoms with van der Waals surface area (Å²) in [6.45, 7) is 1.67. The second kappa shape index (κ2) is 5.74. The van der Waals surface area contributed by atoms with Crippen LogP contribution >= 0.6 is 0 Å². The molecule has 0 radical (unpaired) electrons. The largest absolute Gasteiger partial charge is 0.478 e. The van der Waals surface area contributed by atoms with Gasteiger partial charge in [0.25, 0.3) is 0 Å². The molecule has 6 heteroatoms. The number of esters is 1. The van der Waals surface area contributed by atoms with Gasteiger partial charge in [0.1, 0.15) is 0 Å². The van der Waals surface area contributed by atoms with E-state index >= 15 is 0 Å². The predicted octanol–water partition coefficient (Wildman–Crippen LogP) is -0.394. The van der Waals surface area contributed by atoms with Gasteiger partial charge in [-0.25, -0.2) is 9.59 Å². The molecule has 0 bridgehead atoms. The van der Waals surface area contributed by atoms with E-state index in [1.54, 1.807) is 6.92 Å². The Morgan fingerprint density at radius 2 is 2.00 bits per heavy atom. The monoisotopic (exact) mass is 201 g/mol. The Morgan fingerprint density at radius 3 is 2.43 bits per heavy atom. The van der Waals surface area contributed by atoms with Gasteiger partial charge in [0.05, 0.1) is 6.61 Å². The summed E-state index contributed by atoms with van der Waals surface area (Å²) in [5, 5.41) is 8.25. The third-order valence-corrected chi connectivity index (χ3v) is 1.21. The first-order chi connectivity index (χ1) is 6.49. The van der Waals surface area contributed by atoms with Crippen molar-refractivity contribution >= 4 is 17.8 Å². The van der Waals surface area contributed by atoms with Crippen molar-refractivity contribution in [3.63, 3.8) is 0 Å². The molecule has 0 aliphatic carbocycles. The van der Waals surface area contributed by atoms with Crippen LogP contribution in [0.4, 0.5) is 0 Å². The minimum atomic E-state index is -1.20. The molecule has 0 aliphatic rings. The summed E-state index contributed by atoms with van der Waals surface area (Å²) in [5.74, 6) is -3.12. The summed E-state index contributed by atoms with van der Waals surface area (Å²) >= 11 is 0. The highest BCUT2D eigenvalue weighted by Gasteiger charge is 2.17. The smallest absolute Gasteiger partial charge is 0.397 e. The summed E-state index contributed by atoms with van der Waals surface area (Å²) in [6.07, 6.45) is 1.72. The summed E-state index contributed by atoms with van der Waals surface area (Å²) < 4.78 is 4.42. The second-order valence-corrected chi connectivity index (χ2v) is 2.29. The number of ether oxygens (including phenoxy) is 1. The number of nitrogens with zero attached hydrogens (tertiary/aromatic N) is 1. The lowest BCUT2D eigenvalue weighted by Crippen LogP contribution is -2.30. The number of rotatable bonds is 3. The Labute approximate surface area is 80.8 Å². The zero-order chi connectivity index (χ0) is 11.1.